The van der Waals surface area contributed by atoms with E-state index < -0.39 is 0 Å². The molecule has 1 aromatic rings. The molecule has 18 heavy (non-hydrogen) atoms. The number of nitrogens with one attached hydrogen (secondary N) is 2. The van der Waals surface area contributed by atoms with Crippen molar-refractivity contribution in [1.82, 2.24) is 10.6 Å². The van der Waals surface area contributed by atoms with Gasteiger partial charge in [-0.3, -0.25) is 0 Å². The molecule has 0 saturated carbocycles. The van der Waals surface area contributed by atoms with Crippen LogP contribution in [0.2, 0.25) is 0 Å². The molecule has 0 spiro atoms. The zero-order valence-electron chi connectivity index (χ0n) is 10.9. The maximum Gasteiger partial charge on any atom is 0.0443 e. The second kappa shape index (κ2) is 10.0. The van der Waals surface area contributed by atoms with Gasteiger partial charge < -0.3 is 20.8 Å². The van der Waals surface area contributed by atoms with E-state index in [-0.39, 0.29) is 13.2 Å². The molecule has 4 N–H and O–H groups in total. The fraction of sp³-hybridized carbons (Fsp3) is 0.571. The van der Waals surface area contributed by atoms with Gasteiger partial charge in [-0.25, -0.2) is 0 Å². The first kappa shape index (κ1) is 15.1. The molecule has 0 bridgehead atoms. The molecular formula is C14H24N2O2. The van der Waals surface area contributed by atoms with Crippen molar-refractivity contribution in [3.63, 3.8) is 0 Å². The first-order chi connectivity index (χ1) is 8.86. The van der Waals surface area contributed by atoms with E-state index in [9.17, 15) is 0 Å². The number of hydrogen-bond donors (Lipinski definition) is 4. The van der Waals surface area contributed by atoms with Crippen LogP contribution in [0.15, 0.2) is 24.3 Å². The molecule has 0 atom stereocenters. The molecule has 0 radical (unpaired) electrons. The van der Waals surface area contributed by atoms with Crippen LogP contribution in [0.4, 0.5) is 0 Å². The number of rotatable bonds is 10. The van der Waals surface area contributed by atoms with E-state index in [1.807, 2.05) is 0 Å². The Kier molecular flexibility index (Phi) is 8.42. The first-order valence-electron chi connectivity index (χ1n) is 6.58. The monoisotopic (exact) mass is 252 g/mol. The Morgan fingerprint density at radius 2 is 1.11 bits per heavy atom. The van der Waals surface area contributed by atoms with Gasteiger partial charge in [-0.05, 0) is 37.1 Å². The van der Waals surface area contributed by atoms with Crippen LogP contribution < -0.4 is 10.6 Å². The number of aliphatic hydroxyl groups is 2. The maximum absolute atomic E-state index is 8.66. The summed E-state index contributed by atoms with van der Waals surface area (Å²) in [6.45, 7) is 3.87. The zero-order chi connectivity index (χ0) is 13.1. The largest absolute Gasteiger partial charge is 0.396 e. The summed E-state index contributed by atoms with van der Waals surface area (Å²) in [5.74, 6) is 0. The molecule has 0 amide bonds. The minimum Gasteiger partial charge on any atom is -0.396 e. The van der Waals surface area contributed by atoms with E-state index in [4.69, 9.17) is 10.2 Å². The third-order valence-electron chi connectivity index (χ3n) is 2.70. The Labute approximate surface area is 109 Å². The van der Waals surface area contributed by atoms with Gasteiger partial charge in [-0.2, -0.15) is 0 Å². The number of hydrogen-bond acceptors (Lipinski definition) is 4. The van der Waals surface area contributed by atoms with Crippen LogP contribution in [-0.4, -0.2) is 36.5 Å². The summed E-state index contributed by atoms with van der Waals surface area (Å²) in [5, 5.41) is 23.9. The summed E-state index contributed by atoms with van der Waals surface area (Å²) in [4.78, 5) is 0. The molecule has 0 aliphatic heterocycles. The molecule has 1 aromatic carbocycles. The van der Waals surface area contributed by atoms with Gasteiger partial charge in [0, 0.05) is 26.3 Å². The van der Waals surface area contributed by atoms with Crippen LogP contribution in [-0.2, 0) is 13.1 Å². The van der Waals surface area contributed by atoms with E-state index in [0.717, 1.165) is 39.0 Å². The smallest absolute Gasteiger partial charge is 0.0443 e. The van der Waals surface area contributed by atoms with E-state index in [1.54, 1.807) is 0 Å². The average Bonchev–Trinajstić information content (AvgIpc) is 2.41. The minimum absolute atomic E-state index is 0.242. The van der Waals surface area contributed by atoms with E-state index in [0.29, 0.717) is 0 Å². The normalized spacial score (nSPS) is 10.8. The van der Waals surface area contributed by atoms with E-state index in [2.05, 4.69) is 34.9 Å². The predicted molar refractivity (Wildman–Crippen MR) is 73.3 cm³/mol. The van der Waals surface area contributed by atoms with Crippen molar-refractivity contribution in [2.45, 2.75) is 25.9 Å². The second-order valence-corrected chi connectivity index (χ2v) is 4.32. The lowest BCUT2D eigenvalue weighted by atomic mass is 10.1. The highest BCUT2D eigenvalue weighted by Crippen LogP contribution is 2.04. The van der Waals surface area contributed by atoms with Crippen molar-refractivity contribution in [3.05, 3.63) is 35.4 Å². The SMILES string of the molecule is OCCCNCc1ccc(CNCCCO)cc1. The molecule has 102 valence electrons. The van der Waals surface area contributed by atoms with Gasteiger partial charge in [-0.1, -0.05) is 24.3 Å². The zero-order valence-corrected chi connectivity index (χ0v) is 10.9. The molecule has 0 aromatic heterocycles. The van der Waals surface area contributed by atoms with Gasteiger partial charge in [0.1, 0.15) is 0 Å². The molecular weight excluding hydrogens is 228 g/mol. The van der Waals surface area contributed by atoms with Crippen LogP contribution in [0.1, 0.15) is 24.0 Å². The lowest BCUT2D eigenvalue weighted by Crippen LogP contribution is -2.16. The molecule has 4 nitrogen and oxygen atoms in total. The Balaban J connectivity index is 2.20. The standard InChI is InChI=1S/C14H24N2O2/c17-9-1-7-15-11-13-3-5-14(6-4-13)12-16-8-2-10-18/h3-6,15-18H,1-2,7-12H2. The maximum atomic E-state index is 8.66. The second-order valence-electron chi connectivity index (χ2n) is 4.32. The molecule has 0 aliphatic carbocycles. The Hall–Kier alpha value is -0.940. The van der Waals surface area contributed by atoms with Crippen LogP contribution in [0.25, 0.3) is 0 Å². The van der Waals surface area contributed by atoms with E-state index in [1.165, 1.54) is 11.1 Å². The summed E-state index contributed by atoms with van der Waals surface area (Å²) in [5.41, 5.74) is 2.51. The third kappa shape index (κ3) is 6.71. The highest BCUT2D eigenvalue weighted by Gasteiger charge is 1.95. The van der Waals surface area contributed by atoms with Crippen molar-refractivity contribution in [2.75, 3.05) is 26.3 Å². The summed E-state index contributed by atoms with van der Waals surface area (Å²) in [7, 11) is 0. The Morgan fingerprint density at radius 3 is 1.44 bits per heavy atom. The van der Waals surface area contributed by atoms with Gasteiger partial charge in [0.2, 0.25) is 0 Å². The van der Waals surface area contributed by atoms with Gasteiger partial charge in [0.25, 0.3) is 0 Å². The molecule has 4 heteroatoms. The molecule has 0 saturated heterocycles. The summed E-state index contributed by atoms with van der Waals surface area (Å²) in [6.07, 6.45) is 1.60. The lowest BCUT2D eigenvalue weighted by molar-refractivity contribution is 0.285. The number of benzene rings is 1. The molecule has 0 unspecified atom stereocenters. The molecule has 0 aliphatic rings. The van der Waals surface area contributed by atoms with Crippen molar-refractivity contribution >= 4 is 0 Å². The summed E-state index contributed by atoms with van der Waals surface area (Å²) in [6, 6.07) is 8.48. The molecule has 0 heterocycles. The summed E-state index contributed by atoms with van der Waals surface area (Å²) < 4.78 is 0. The van der Waals surface area contributed by atoms with Crippen molar-refractivity contribution in [1.29, 1.82) is 0 Å². The fourth-order valence-electron chi connectivity index (χ4n) is 1.65. The Bertz CT molecular complexity index is 270. The van der Waals surface area contributed by atoms with Gasteiger partial charge in [-0.15, -0.1) is 0 Å². The predicted octanol–water partition coefficient (Wildman–Crippen LogP) is 0.631. The minimum atomic E-state index is 0.242. The average molecular weight is 252 g/mol. The fourth-order valence-corrected chi connectivity index (χ4v) is 1.65. The van der Waals surface area contributed by atoms with Crippen LogP contribution in [0.3, 0.4) is 0 Å². The number of aliphatic hydroxyl groups excluding tert-OH is 2. The van der Waals surface area contributed by atoms with Crippen LogP contribution in [0.5, 0.6) is 0 Å². The highest BCUT2D eigenvalue weighted by atomic mass is 16.3. The summed E-state index contributed by atoms with van der Waals surface area (Å²) >= 11 is 0. The third-order valence-corrected chi connectivity index (χ3v) is 2.70. The quantitative estimate of drug-likeness (QED) is 0.461. The van der Waals surface area contributed by atoms with Gasteiger partial charge in [0.05, 0.1) is 0 Å². The molecule has 1 rings (SSSR count). The lowest BCUT2D eigenvalue weighted by Gasteiger charge is -2.06. The highest BCUT2D eigenvalue weighted by molar-refractivity contribution is 5.22. The van der Waals surface area contributed by atoms with Crippen molar-refractivity contribution in [3.8, 4) is 0 Å². The first-order valence-corrected chi connectivity index (χ1v) is 6.58. The van der Waals surface area contributed by atoms with Gasteiger partial charge >= 0.3 is 0 Å². The Morgan fingerprint density at radius 1 is 0.722 bits per heavy atom. The van der Waals surface area contributed by atoms with Gasteiger partial charge in [0.15, 0.2) is 0 Å². The van der Waals surface area contributed by atoms with Crippen LogP contribution >= 0.6 is 0 Å². The topological polar surface area (TPSA) is 64.5 Å². The molecule has 0 fully saturated rings. The van der Waals surface area contributed by atoms with Crippen LogP contribution in [0, 0.1) is 0 Å². The van der Waals surface area contributed by atoms with E-state index >= 15 is 0 Å². The van der Waals surface area contributed by atoms with Crippen molar-refractivity contribution < 1.29 is 10.2 Å². The van der Waals surface area contributed by atoms with Crippen molar-refractivity contribution in [2.24, 2.45) is 0 Å².